The molecule has 0 saturated carbocycles. The van der Waals surface area contributed by atoms with Gasteiger partial charge in [-0.05, 0) is 44.2 Å². The van der Waals surface area contributed by atoms with E-state index in [0.717, 1.165) is 0 Å². The standard InChI is InChI=1S/C21H24N2O5/c1-21(2)12-28-15-10-9-13(11-14(15)23(3)20(21)25)22-19(24)18-16(26-4)7-6-8-17(18)27-5/h6-11H,12H2,1-5H3,(H,22,24). The molecule has 1 N–H and O–H groups in total. The summed E-state index contributed by atoms with van der Waals surface area (Å²) < 4.78 is 16.4. The minimum Gasteiger partial charge on any atom is -0.496 e. The molecule has 1 heterocycles. The molecule has 3 rings (SSSR count). The second kappa shape index (κ2) is 7.42. The predicted molar refractivity (Wildman–Crippen MR) is 107 cm³/mol. The van der Waals surface area contributed by atoms with Gasteiger partial charge >= 0.3 is 0 Å². The first kappa shape index (κ1) is 19.5. The summed E-state index contributed by atoms with van der Waals surface area (Å²) in [5.74, 6) is 0.974. The van der Waals surface area contributed by atoms with Gasteiger partial charge in [0.25, 0.3) is 5.91 Å². The summed E-state index contributed by atoms with van der Waals surface area (Å²) in [5.41, 5.74) is 0.784. The Kier molecular flexibility index (Phi) is 5.18. The number of benzene rings is 2. The van der Waals surface area contributed by atoms with Crippen molar-refractivity contribution in [2.75, 3.05) is 38.1 Å². The van der Waals surface area contributed by atoms with Gasteiger partial charge in [0.1, 0.15) is 29.4 Å². The third-order valence-electron chi connectivity index (χ3n) is 4.71. The van der Waals surface area contributed by atoms with Crippen LogP contribution in [0, 0.1) is 5.41 Å². The number of nitrogens with one attached hydrogen (secondary N) is 1. The lowest BCUT2D eigenvalue weighted by molar-refractivity contribution is -0.127. The van der Waals surface area contributed by atoms with Gasteiger partial charge < -0.3 is 24.4 Å². The lowest BCUT2D eigenvalue weighted by Gasteiger charge is -2.24. The first-order valence-electron chi connectivity index (χ1n) is 8.86. The van der Waals surface area contributed by atoms with E-state index < -0.39 is 5.41 Å². The van der Waals surface area contributed by atoms with Gasteiger partial charge in [0, 0.05) is 12.7 Å². The van der Waals surface area contributed by atoms with Crippen molar-refractivity contribution < 1.29 is 23.8 Å². The van der Waals surface area contributed by atoms with E-state index in [1.165, 1.54) is 14.2 Å². The van der Waals surface area contributed by atoms with Crippen LogP contribution in [0.1, 0.15) is 24.2 Å². The summed E-state index contributed by atoms with van der Waals surface area (Å²) in [4.78, 5) is 27.1. The fraction of sp³-hybridized carbons (Fsp3) is 0.333. The summed E-state index contributed by atoms with van der Waals surface area (Å²) in [6.45, 7) is 3.97. The van der Waals surface area contributed by atoms with Gasteiger partial charge in [-0.3, -0.25) is 9.59 Å². The second-order valence-corrected chi connectivity index (χ2v) is 7.21. The number of nitrogens with zero attached hydrogens (tertiary/aromatic N) is 1. The van der Waals surface area contributed by atoms with Crippen LogP contribution in [0.5, 0.6) is 17.2 Å². The number of anilines is 2. The monoisotopic (exact) mass is 384 g/mol. The number of hydrogen-bond donors (Lipinski definition) is 1. The zero-order valence-corrected chi connectivity index (χ0v) is 16.7. The van der Waals surface area contributed by atoms with Crippen molar-refractivity contribution in [3.63, 3.8) is 0 Å². The molecule has 1 aliphatic rings. The van der Waals surface area contributed by atoms with Crippen LogP contribution >= 0.6 is 0 Å². The quantitative estimate of drug-likeness (QED) is 0.875. The summed E-state index contributed by atoms with van der Waals surface area (Å²) in [7, 11) is 4.69. The molecule has 0 spiro atoms. The first-order chi connectivity index (χ1) is 13.3. The van der Waals surface area contributed by atoms with E-state index in [2.05, 4.69) is 5.32 Å². The highest BCUT2D eigenvalue weighted by Gasteiger charge is 2.36. The summed E-state index contributed by atoms with van der Waals surface area (Å²) in [6.07, 6.45) is 0. The van der Waals surface area contributed by atoms with Crippen molar-refractivity contribution in [2.24, 2.45) is 5.41 Å². The Balaban J connectivity index is 1.93. The zero-order chi connectivity index (χ0) is 20.5. The Labute approximate surface area is 164 Å². The van der Waals surface area contributed by atoms with Crippen LogP contribution in [0.15, 0.2) is 36.4 Å². The molecule has 2 amide bonds. The van der Waals surface area contributed by atoms with Crippen molar-refractivity contribution in [1.82, 2.24) is 0 Å². The average molecular weight is 384 g/mol. The van der Waals surface area contributed by atoms with Gasteiger partial charge in [0.15, 0.2) is 0 Å². The van der Waals surface area contributed by atoms with E-state index in [1.807, 2.05) is 13.8 Å². The van der Waals surface area contributed by atoms with E-state index in [0.29, 0.717) is 34.2 Å². The van der Waals surface area contributed by atoms with Gasteiger partial charge in [-0.15, -0.1) is 0 Å². The number of methoxy groups -OCH3 is 2. The lowest BCUT2D eigenvalue weighted by Crippen LogP contribution is -2.39. The van der Waals surface area contributed by atoms with Crippen LogP contribution in [0.25, 0.3) is 0 Å². The Bertz CT molecular complexity index is 901. The van der Waals surface area contributed by atoms with Gasteiger partial charge in [-0.2, -0.15) is 0 Å². The Morgan fingerprint density at radius 2 is 1.79 bits per heavy atom. The summed E-state index contributed by atoms with van der Waals surface area (Å²) in [6, 6.07) is 10.3. The average Bonchev–Trinajstić information content (AvgIpc) is 2.77. The second-order valence-electron chi connectivity index (χ2n) is 7.21. The Hall–Kier alpha value is -3.22. The van der Waals surface area contributed by atoms with E-state index in [1.54, 1.807) is 48.3 Å². The molecule has 2 aromatic rings. The van der Waals surface area contributed by atoms with Crippen LogP contribution in [0.2, 0.25) is 0 Å². The van der Waals surface area contributed by atoms with Crippen LogP contribution in [0.4, 0.5) is 11.4 Å². The van der Waals surface area contributed by atoms with Gasteiger partial charge in [0.2, 0.25) is 5.91 Å². The molecule has 7 heteroatoms. The molecule has 0 saturated heterocycles. The molecule has 0 fully saturated rings. The summed E-state index contributed by atoms with van der Waals surface area (Å²) >= 11 is 0. The number of ether oxygens (including phenoxy) is 3. The molecule has 1 aliphatic heterocycles. The smallest absolute Gasteiger partial charge is 0.263 e. The minimum absolute atomic E-state index is 0.0545. The molecule has 28 heavy (non-hydrogen) atoms. The zero-order valence-electron chi connectivity index (χ0n) is 16.7. The topological polar surface area (TPSA) is 77.1 Å². The summed E-state index contributed by atoms with van der Waals surface area (Å²) in [5, 5.41) is 2.84. The number of carbonyl (C=O) groups is 2. The highest BCUT2D eigenvalue weighted by molar-refractivity contribution is 6.09. The third-order valence-corrected chi connectivity index (χ3v) is 4.71. The largest absolute Gasteiger partial charge is 0.496 e. The number of hydrogen-bond acceptors (Lipinski definition) is 5. The number of carbonyl (C=O) groups excluding carboxylic acids is 2. The molecule has 0 aliphatic carbocycles. The van der Waals surface area contributed by atoms with Gasteiger partial charge in [0.05, 0.1) is 25.3 Å². The lowest BCUT2D eigenvalue weighted by atomic mass is 9.93. The van der Waals surface area contributed by atoms with Crippen molar-refractivity contribution in [3.05, 3.63) is 42.0 Å². The van der Waals surface area contributed by atoms with Crippen LogP contribution in [0.3, 0.4) is 0 Å². The van der Waals surface area contributed by atoms with Crippen LogP contribution in [-0.4, -0.2) is 39.7 Å². The first-order valence-corrected chi connectivity index (χ1v) is 8.86. The highest BCUT2D eigenvalue weighted by Crippen LogP contribution is 2.38. The van der Waals surface area contributed by atoms with Gasteiger partial charge in [-0.1, -0.05) is 6.07 Å². The van der Waals surface area contributed by atoms with E-state index in [9.17, 15) is 9.59 Å². The Morgan fingerprint density at radius 1 is 1.14 bits per heavy atom. The molecule has 2 aromatic carbocycles. The molecule has 0 atom stereocenters. The molecular formula is C21H24N2O5. The number of rotatable bonds is 4. The number of fused-ring (bicyclic) bond motifs is 1. The molecule has 0 bridgehead atoms. The number of amides is 2. The maximum absolute atomic E-state index is 12.9. The fourth-order valence-corrected chi connectivity index (χ4v) is 3.13. The highest BCUT2D eigenvalue weighted by atomic mass is 16.5. The molecular weight excluding hydrogens is 360 g/mol. The van der Waals surface area contributed by atoms with E-state index in [4.69, 9.17) is 14.2 Å². The molecule has 0 aromatic heterocycles. The van der Waals surface area contributed by atoms with Crippen LogP contribution < -0.4 is 24.4 Å². The SMILES string of the molecule is COc1cccc(OC)c1C(=O)Nc1ccc2c(c1)N(C)C(=O)C(C)(C)CO2. The van der Waals surface area contributed by atoms with Crippen molar-refractivity contribution >= 4 is 23.2 Å². The molecule has 148 valence electrons. The normalized spacial score (nSPS) is 15.2. The maximum Gasteiger partial charge on any atom is 0.263 e. The maximum atomic E-state index is 12.9. The van der Waals surface area contributed by atoms with E-state index >= 15 is 0 Å². The predicted octanol–water partition coefficient (Wildman–Crippen LogP) is 3.34. The molecule has 0 radical (unpaired) electrons. The molecule has 0 unspecified atom stereocenters. The Morgan fingerprint density at radius 3 is 2.39 bits per heavy atom. The van der Waals surface area contributed by atoms with E-state index in [-0.39, 0.29) is 18.4 Å². The van der Waals surface area contributed by atoms with Crippen molar-refractivity contribution in [1.29, 1.82) is 0 Å². The van der Waals surface area contributed by atoms with Gasteiger partial charge in [-0.25, -0.2) is 0 Å². The van der Waals surface area contributed by atoms with Crippen molar-refractivity contribution in [2.45, 2.75) is 13.8 Å². The molecule has 7 nitrogen and oxygen atoms in total. The van der Waals surface area contributed by atoms with Crippen molar-refractivity contribution in [3.8, 4) is 17.2 Å². The third kappa shape index (κ3) is 3.47. The fourth-order valence-electron chi connectivity index (χ4n) is 3.13. The van der Waals surface area contributed by atoms with Crippen LogP contribution in [-0.2, 0) is 4.79 Å². The minimum atomic E-state index is -0.637.